The Bertz CT molecular complexity index is 340. The predicted molar refractivity (Wildman–Crippen MR) is 67.7 cm³/mol. The molecule has 0 aromatic carbocycles. The molecular formula is C13H19ClN2. The lowest BCUT2D eigenvalue weighted by Crippen LogP contribution is -2.36. The van der Waals surface area contributed by atoms with Crippen LogP contribution >= 0.6 is 11.6 Å². The van der Waals surface area contributed by atoms with Gasteiger partial charge in [0.1, 0.15) is 0 Å². The fourth-order valence-electron chi connectivity index (χ4n) is 2.36. The molecule has 2 nitrogen and oxygen atoms in total. The third-order valence-corrected chi connectivity index (χ3v) is 3.91. The second kappa shape index (κ2) is 5.65. The van der Waals surface area contributed by atoms with Gasteiger partial charge in [-0.3, -0.25) is 4.98 Å². The van der Waals surface area contributed by atoms with Gasteiger partial charge in [0.2, 0.25) is 0 Å². The molecule has 1 fully saturated rings. The first-order chi connectivity index (χ1) is 7.81. The van der Waals surface area contributed by atoms with Gasteiger partial charge in [-0.1, -0.05) is 18.5 Å². The molecule has 0 radical (unpaired) electrons. The van der Waals surface area contributed by atoms with Crippen molar-refractivity contribution in [3.63, 3.8) is 0 Å². The third kappa shape index (κ3) is 2.74. The van der Waals surface area contributed by atoms with E-state index >= 15 is 0 Å². The quantitative estimate of drug-likeness (QED) is 0.853. The fourth-order valence-corrected chi connectivity index (χ4v) is 2.55. The van der Waals surface area contributed by atoms with Crippen LogP contribution in [0.3, 0.4) is 0 Å². The van der Waals surface area contributed by atoms with Gasteiger partial charge in [-0.05, 0) is 55.8 Å². The Hall–Kier alpha value is -0.600. The maximum atomic E-state index is 6.12. The molecule has 88 valence electrons. The van der Waals surface area contributed by atoms with E-state index < -0.39 is 0 Å². The van der Waals surface area contributed by atoms with Gasteiger partial charge in [0.15, 0.2) is 0 Å². The van der Waals surface area contributed by atoms with E-state index in [1.54, 1.807) is 6.20 Å². The number of hydrogen-bond donors (Lipinski definition) is 1. The molecule has 1 aliphatic rings. The highest BCUT2D eigenvalue weighted by Crippen LogP contribution is 2.37. The Balaban J connectivity index is 1.88. The molecule has 0 spiro atoms. The summed E-state index contributed by atoms with van der Waals surface area (Å²) in [5.74, 6) is 1.64. The zero-order valence-corrected chi connectivity index (χ0v) is 10.5. The minimum absolute atomic E-state index is 0.805. The number of pyridine rings is 1. The van der Waals surface area contributed by atoms with Crippen LogP contribution in [0.15, 0.2) is 18.5 Å². The van der Waals surface area contributed by atoms with Gasteiger partial charge in [-0.25, -0.2) is 0 Å². The van der Waals surface area contributed by atoms with Crippen LogP contribution < -0.4 is 5.32 Å². The Labute approximate surface area is 102 Å². The van der Waals surface area contributed by atoms with Crippen molar-refractivity contribution in [3.8, 4) is 0 Å². The van der Waals surface area contributed by atoms with E-state index in [0.29, 0.717) is 0 Å². The molecule has 2 rings (SSSR count). The lowest BCUT2D eigenvalue weighted by molar-refractivity contribution is 0.172. The monoisotopic (exact) mass is 238 g/mol. The normalized spacial score (nSPS) is 24.1. The van der Waals surface area contributed by atoms with Crippen LogP contribution in [-0.2, 0) is 6.42 Å². The summed E-state index contributed by atoms with van der Waals surface area (Å²) >= 11 is 6.12. The van der Waals surface area contributed by atoms with E-state index in [4.69, 9.17) is 11.6 Å². The van der Waals surface area contributed by atoms with Crippen molar-refractivity contribution < 1.29 is 0 Å². The molecule has 0 bridgehead atoms. The molecule has 1 aliphatic carbocycles. The smallest absolute Gasteiger partial charge is 0.0621 e. The molecule has 1 heterocycles. The minimum atomic E-state index is 0.805. The highest BCUT2D eigenvalue weighted by atomic mass is 35.5. The van der Waals surface area contributed by atoms with Gasteiger partial charge in [-0.15, -0.1) is 0 Å². The summed E-state index contributed by atoms with van der Waals surface area (Å²) in [5, 5.41) is 4.25. The summed E-state index contributed by atoms with van der Waals surface area (Å²) in [4.78, 5) is 4.02. The van der Waals surface area contributed by atoms with E-state index in [1.165, 1.54) is 18.4 Å². The number of nitrogens with one attached hydrogen (secondary N) is 1. The standard InChI is InChI=1S/C13H19ClN2/c1-2-15-8-12-4-3-10(12)7-11-5-6-16-9-13(11)14/h5-6,9-10,12,15H,2-4,7-8H2,1H3. The molecule has 1 N–H and O–H groups in total. The Kier molecular flexibility index (Phi) is 4.19. The van der Waals surface area contributed by atoms with E-state index in [1.807, 2.05) is 12.3 Å². The van der Waals surface area contributed by atoms with Crippen LogP contribution in [0.5, 0.6) is 0 Å². The van der Waals surface area contributed by atoms with Crippen molar-refractivity contribution in [2.45, 2.75) is 26.2 Å². The summed E-state index contributed by atoms with van der Waals surface area (Å²) in [6.45, 7) is 4.39. The lowest BCUT2D eigenvalue weighted by atomic mass is 9.71. The van der Waals surface area contributed by atoms with Crippen molar-refractivity contribution in [1.82, 2.24) is 10.3 Å². The Morgan fingerprint density at radius 3 is 2.88 bits per heavy atom. The highest BCUT2D eigenvalue weighted by Gasteiger charge is 2.30. The number of halogens is 1. The number of nitrogens with zero attached hydrogens (tertiary/aromatic N) is 1. The fraction of sp³-hybridized carbons (Fsp3) is 0.615. The Morgan fingerprint density at radius 1 is 1.44 bits per heavy atom. The number of hydrogen-bond acceptors (Lipinski definition) is 2. The molecule has 2 unspecified atom stereocenters. The van der Waals surface area contributed by atoms with Crippen LogP contribution in [-0.4, -0.2) is 18.1 Å². The van der Waals surface area contributed by atoms with Crippen molar-refractivity contribution in [2.24, 2.45) is 11.8 Å². The maximum absolute atomic E-state index is 6.12. The van der Waals surface area contributed by atoms with Crippen molar-refractivity contribution in [1.29, 1.82) is 0 Å². The predicted octanol–water partition coefficient (Wildman–Crippen LogP) is 2.91. The highest BCUT2D eigenvalue weighted by molar-refractivity contribution is 6.31. The van der Waals surface area contributed by atoms with Crippen LogP contribution in [0.4, 0.5) is 0 Å². The summed E-state index contributed by atoms with van der Waals surface area (Å²) < 4.78 is 0. The lowest BCUT2D eigenvalue weighted by Gasteiger charge is -2.37. The zero-order valence-electron chi connectivity index (χ0n) is 9.75. The van der Waals surface area contributed by atoms with Crippen molar-refractivity contribution in [2.75, 3.05) is 13.1 Å². The number of rotatable bonds is 5. The molecule has 1 aromatic rings. The zero-order chi connectivity index (χ0) is 11.4. The summed E-state index contributed by atoms with van der Waals surface area (Å²) in [6, 6.07) is 2.05. The van der Waals surface area contributed by atoms with Gasteiger partial charge in [-0.2, -0.15) is 0 Å². The molecule has 0 amide bonds. The van der Waals surface area contributed by atoms with E-state index in [0.717, 1.165) is 36.4 Å². The first-order valence-electron chi connectivity index (χ1n) is 6.10. The van der Waals surface area contributed by atoms with Crippen LogP contribution in [0.2, 0.25) is 5.02 Å². The molecule has 3 heteroatoms. The molecule has 1 saturated carbocycles. The van der Waals surface area contributed by atoms with Crippen LogP contribution in [0, 0.1) is 11.8 Å². The van der Waals surface area contributed by atoms with Crippen molar-refractivity contribution in [3.05, 3.63) is 29.0 Å². The van der Waals surface area contributed by atoms with E-state index in [2.05, 4.69) is 17.2 Å². The van der Waals surface area contributed by atoms with Gasteiger partial charge >= 0.3 is 0 Å². The largest absolute Gasteiger partial charge is 0.317 e. The average molecular weight is 239 g/mol. The summed E-state index contributed by atoms with van der Waals surface area (Å²) in [5.41, 5.74) is 1.25. The van der Waals surface area contributed by atoms with Crippen LogP contribution in [0.1, 0.15) is 25.3 Å². The second-order valence-electron chi connectivity index (χ2n) is 4.58. The summed E-state index contributed by atoms with van der Waals surface area (Å²) in [7, 11) is 0. The van der Waals surface area contributed by atoms with Crippen LogP contribution in [0.25, 0.3) is 0 Å². The average Bonchev–Trinajstić information content (AvgIpc) is 2.27. The summed E-state index contributed by atoms with van der Waals surface area (Å²) in [6.07, 6.45) is 7.39. The molecule has 1 aromatic heterocycles. The van der Waals surface area contributed by atoms with Gasteiger partial charge < -0.3 is 5.32 Å². The Morgan fingerprint density at radius 2 is 2.25 bits per heavy atom. The first-order valence-corrected chi connectivity index (χ1v) is 6.48. The van der Waals surface area contributed by atoms with Gasteiger partial charge in [0.05, 0.1) is 5.02 Å². The van der Waals surface area contributed by atoms with Gasteiger partial charge in [0, 0.05) is 12.4 Å². The van der Waals surface area contributed by atoms with Gasteiger partial charge in [0.25, 0.3) is 0 Å². The number of aromatic nitrogens is 1. The molecule has 0 saturated heterocycles. The van der Waals surface area contributed by atoms with E-state index in [9.17, 15) is 0 Å². The SMILES string of the molecule is CCNCC1CCC1Cc1ccncc1Cl. The van der Waals surface area contributed by atoms with E-state index in [-0.39, 0.29) is 0 Å². The molecule has 16 heavy (non-hydrogen) atoms. The van der Waals surface area contributed by atoms with Crippen molar-refractivity contribution >= 4 is 11.6 Å². The molecule has 2 atom stereocenters. The molecular weight excluding hydrogens is 220 g/mol. The first kappa shape index (κ1) is 11.9. The molecule has 0 aliphatic heterocycles. The second-order valence-corrected chi connectivity index (χ2v) is 4.98. The third-order valence-electron chi connectivity index (χ3n) is 3.57. The maximum Gasteiger partial charge on any atom is 0.0621 e. The topological polar surface area (TPSA) is 24.9 Å². The minimum Gasteiger partial charge on any atom is -0.317 e.